The zero-order valence-electron chi connectivity index (χ0n) is 12.3. The summed E-state index contributed by atoms with van der Waals surface area (Å²) in [7, 11) is 0. The number of aromatic nitrogens is 2. The van der Waals surface area contributed by atoms with Gasteiger partial charge >= 0.3 is 0 Å². The van der Waals surface area contributed by atoms with Crippen molar-refractivity contribution < 1.29 is 9.59 Å². The number of carbonyl (C=O) groups is 2. The highest BCUT2D eigenvalue weighted by Gasteiger charge is 2.22. The van der Waals surface area contributed by atoms with Crippen LogP contribution < -0.4 is 16.0 Å². The number of anilines is 2. The fourth-order valence-corrected chi connectivity index (χ4v) is 2.71. The molecular weight excluding hydrogens is 290 g/mol. The molecule has 0 bridgehead atoms. The van der Waals surface area contributed by atoms with Crippen LogP contribution in [0.3, 0.4) is 0 Å². The first-order valence-electron chi connectivity index (χ1n) is 6.98. The largest absolute Gasteiger partial charge is 0.368 e. The second-order valence-electron chi connectivity index (χ2n) is 4.93. The highest BCUT2D eigenvalue weighted by atomic mass is 32.2. The fourth-order valence-electron chi connectivity index (χ4n) is 2.24. The van der Waals surface area contributed by atoms with Gasteiger partial charge in [0.1, 0.15) is 17.5 Å². The maximum atomic E-state index is 12.3. The highest BCUT2D eigenvalue weighted by Crippen LogP contribution is 2.24. The number of thioether (sulfide) groups is 1. The fraction of sp³-hybridized carbons (Fsp3) is 0.615. The predicted molar refractivity (Wildman–Crippen MR) is 84.6 cm³/mol. The second kappa shape index (κ2) is 7.35. The summed E-state index contributed by atoms with van der Waals surface area (Å²) in [4.78, 5) is 23.6. The van der Waals surface area contributed by atoms with E-state index in [1.807, 2.05) is 10.9 Å². The molecule has 7 nitrogen and oxygen atoms in total. The number of hydrogen-bond donors (Lipinski definition) is 3. The Kier molecular flexibility index (Phi) is 5.49. The first-order valence-corrected chi connectivity index (χ1v) is 8.37. The summed E-state index contributed by atoms with van der Waals surface area (Å²) >= 11 is 1.65. The molecule has 1 aromatic rings. The topological polar surface area (TPSA) is 88.1 Å². The third-order valence-corrected chi connectivity index (χ3v) is 3.89. The van der Waals surface area contributed by atoms with E-state index >= 15 is 0 Å². The molecule has 21 heavy (non-hydrogen) atoms. The van der Waals surface area contributed by atoms with Crippen LogP contribution in [0.4, 0.5) is 11.5 Å². The van der Waals surface area contributed by atoms with Crippen molar-refractivity contribution in [1.82, 2.24) is 15.1 Å². The molecule has 0 saturated carbocycles. The second-order valence-corrected chi connectivity index (χ2v) is 5.92. The van der Waals surface area contributed by atoms with Crippen LogP contribution in [0.25, 0.3) is 0 Å². The molecule has 0 fully saturated rings. The average Bonchev–Trinajstić information content (AvgIpc) is 2.86. The van der Waals surface area contributed by atoms with Crippen LogP contribution in [0, 0.1) is 0 Å². The van der Waals surface area contributed by atoms with Gasteiger partial charge in [-0.15, -0.1) is 0 Å². The Bertz CT molecular complexity index is 517. The summed E-state index contributed by atoms with van der Waals surface area (Å²) in [6, 6.07) is -0.519. The number of hydrogen-bond acceptors (Lipinski definition) is 5. The van der Waals surface area contributed by atoms with Gasteiger partial charge in [0.05, 0.1) is 6.20 Å². The lowest BCUT2D eigenvalue weighted by Crippen LogP contribution is -2.43. The normalized spacial score (nSPS) is 14.8. The third-order valence-electron chi connectivity index (χ3n) is 3.24. The van der Waals surface area contributed by atoms with Crippen LogP contribution >= 0.6 is 11.8 Å². The number of nitrogens with zero attached hydrogens (tertiary/aromatic N) is 2. The molecule has 2 heterocycles. The zero-order chi connectivity index (χ0) is 15.2. The molecule has 0 aromatic carbocycles. The quantitative estimate of drug-likeness (QED) is 0.726. The van der Waals surface area contributed by atoms with E-state index in [0.717, 1.165) is 31.1 Å². The molecule has 2 amide bonds. The van der Waals surface area contributed by atoms with E-state index in [0.29, 0.717) is 12.1 Å². The average molecular weight is 311 g/mol. The van der Waals surface area contributed by atoms with E-state index in [1.165, 1.54) is 6.92 Å². The Morgan fingerprint density at radius 1 is 1.57 bits per heavy atom. The number of aryl methyl sites for hydroxylation is 1. The summed E-state index contributed by atoms with van der Waals surface area (Å²) < 4.78 is 1.84. The van der Waals surface area contributed by atoms with Gasteiger partial charge in [-0.2, -0.15) is 16.9 Å². The van der Waals surface area contributed by atoms with Gasteiger partial charge in [-0.25, -0.2) is 4.68 Å². The summed E-state index contributed by atoms with van der Waals surface area (Å²) in [5.41, 5.74) is 0.666. The summed E-state index contributed by atoms with van der Waals surface area (Å²) in [6.07, 6.45) is 5.24. The standard InChI is InChI=1S/C13H21N5O2S/c1-9(19)16-10(4-7-21-2)13(20)17-11-8-15-18-6-3-5-14-12(11)18/h8,10,14H,3-7H2,1-2H3,(H,16,19)(H,17,20)/t10-/m0/s1. The molecule has 0 saturated heterocycles. The van der Waals surface area contributed by atoms with Crippen molar-refractivity contribution in [2.24, 2.45) is 0 Å². The van der Waals surface area contributed by atoms with Crippen LogP contribution in [0.2, 0.25) is 0 Å². The van der Waals surface area contributed by atoms with Gasteiger partial charge in [-0.05, 0) is 24.9 Å². The van der Waals surface area contributed by atoms with Crippen LogP contribution in [-0.2, 0) is 16.1 Å². The maximum Gasteiger partial charge on any atom is 0.247 e. The predicted octanol–water partition coefficient (Wildman–Crippen LogP) is 0.895. The molecule has 116 valence electrons. The smallest absolute Gasteiger partial charge is 0.247 e. The van der Waals surface area contributed by atoms with Crippen molar-refractivity contribution in [2.75, 3.05) is 29.2 Å². The number of amides is 2. The third kappa shape index (κ3) is 4.13. The van der Waals surface area contributed by atoms with E-state index in [1.54, 1.807) is 18.0 Å². The van der Waals surface area contributed by atoms with Gasteiger partial charge < -0.3 is 16.0 Å². The van der Waals surface area contributed by atoms with Crippen LogP contribution in [0.15, 0.2) is 6.20 Å². The van der Waals surface area contributed by atoms with Crippen LogP contribution in [0.1, 0.15) is 19.8 Å². The highest BCUT2D eigenvalue weighted by molar-refractivity contribution is 7.98. The van der Waals surface area contributed by atoms with Crippen molar-refractivity contribution in [3.8, 4) is 0 Å². The number of nitrogens with one attached hydrogen (secondary N) is 3. The number of fused-ring (bicyclic) bond motifs is 1. The molecule has 0 radical (unpaired) electrons. The number of carbonyl (C=O) groups excluding carboxylic acids is 2. The van der Waals surface area contributed by atoms with Gasteiger partial charge in [-0.1, -0.05) is 0 Å². The molecular formula is C13H21N5O2S. The summed E-state index contributed by atoms with van der Waals surface area (Å²) in [6.45, 7) is 3.14. The molecule has 0 unspecified atom stereocenters. The lowest BCUT2D eigenvalue weighted by molar-refractivity contribution is -0.125. The Balaban J connectivity index is 2.03. The molecule has 1 aromatic heterocycles. The SMILES string of the molecule is CSCC[C@H](NC(C)=O)C(=O)Nc1cnn2c1NCCC2. The first-order chi connectivity index (χ1) is 10.1. The van der Waals surface area contributed by atoms with E-state index in [2.05, 4.69) is 21.0 Å². The van der Waals surface area contributed by atoms with Gasteiger partial charge in [-0.3, -0.25) is 9.59 Å². The number of rotatable bonds is 6. The molecule has 2 rings (SSSR count). The summed E-state index contributed by atoms with van der Waals surface area (Å²) in [5.74, 6) is 1.23. The first kappa shape index (κ1) is 15.7. The lowest BCUT2D eigenvalue weighted by Gasteiger charge is -2.19. The maximum absolute atomic E-state index is 12.3. The van der Waals surface area contributed by atoms with Crippen molar-refractivity contribution in [1.29, 1.82) is 0 Å². The Labute approximate surface area is 128 Å². The Morgan fingerprint density at radius 2 is 2.38 bits per heavy atom. The van der Waals surface area contributed by atoms with Gasteiger partial charge in [0.25, 0.3) is 0 Å². The van der Waals surface area contributed by atoms with E-state index < -0.39 is 6.04 Å². The van der Waals surface area contributed by atoms with Gasteiger partial charge in [0.15, 0.2) is 0 Å². The monoisotopic (exact) mass is 311 g/mol. The summed E-state index contributed by atoms with van der Waals surface area (Å²) in [5, 5.41) is 13.0. The van der Waals surface area contributed by atoms with E-state index in [-0.39, 0.29) is 11.8 Å². The molecule has 0 aliphatic carbocycles. The Hall–Kier alpha value is -1.70. The molecule has 1 atom stereocenters. The molecule has 1 aliphatic rings. The van der Waals surface area contributed by atoms with Crippen LogP contribution in [0.5, 0.6) is 0 Å². The molecule has 0 spiro atoms. The van der Waals surface area contributed by atoms with Crippen molar-refractivity contribution in [3.05, 3.63) is 6.20 Å². The minimum Gasteiger partial charge on any atom is -0.368 e. The minimum atomic E-state index is -0.519. The van der Waals surface area contributed by atoms with Gasteiger partial charge in [0, 0.05) is 20.0 Å². The molecule has 3 N–H and O–H groups in total. The zero-order valence-corrected chi connectivity index (χ0v) is 13.1. The molecule has 8 heteroatoms. The van der Waals surface area contributed by atoms with Crippen molar-refractivity contribution in [2.45, 2.75) is 32.4 Å². The minimum absolute atomic E-state index is 0.202. The Morgan fingerprint density at radius 3 is 3.10 bits per heavy atom. The lowest BCUT2D eigenvalue weighted by atomic mass is 10.2. The van der Waals surface area contributed by atoms with E-state index in [4.69, 9.17) is 0 Å². The van der Waals surface area contributed by atoms with Crippen LogP contribution in [-0.4, -0.2) is 46.2 Å². The van der Waals surface area contributed by atoms with E-state index in [9.17, 15) is 9.59 Å². The van der Waals surface area contributed by atoms with Gasteiger partial charge in [0.2, 0.25) is 11.8 Å². The van der Waals surface area contributed by atoms with Crippen molar-refractivity contribution in [3.63, 3.8) is 0 Å². The van der Waals surface area contributed by atoms with Crippen molar-refractivity contribution >= 4 is 35.1 Å². The molecule has 1 aliphatic heterocycles.